The van der Waals surface area contributed by atoms with Crippen molar-refractivity contribution < 1.29 is 4.79 Å². The summed E-state index contributed by atoms with van der Waals surface area (Å²) in [5, 5.41) is 0. The average molecular weight is 351 g/mol. The van der Waals surface area contributed by atoms with Gasteiger partial charge < -0.3 is 13.9 Å². The fraction of sp³-hybridized carbons (Fsp3) is 0.450. The van der Waals surface area contributed by atoms with Crippen molar-refractivity contribution in [2.45, 2.75) is 39.0 Å². The van der Waals surface area contributed by atoms with E-state index in [0.29, 0.717) is 12.3 Å². The van der Waals surface area contributed by atoms with Gasteiger partial charge in [0.1, 0.15) is 11.5 Å². The number of imidazole rings is 2. The van der Waals surface area contributed by atoms with Gasteiger partial charge in [0.05, 0.1) is 23.5 Å². The number of hydrogen-bond acceptors (Lipinski definition) is 3. The minimum absolute atomic E-state index is 0.175. The monoisotopic (exact) mass is 351 g/mol. The van der Waals surface area contributed by atoms with E-state index >= 15 is 0 Å². The predicted molar refractivity (Wildman–Crippen MR) is 100 cm³/mol. The number of pyridine rings is 1. The SMILES string of the molecule is Cc1cn(C)c([C@@H]2CCCN(C(=O)Cc3c(C)nc4ccccn34)C2)n1. The number of carbonyl (C=O) groups is 1. The first-order chi connectivity index (χ1) is 12.5. The molecule has 0 aromatic carbocycles. The molecule has 1 atom stereocenters. The fourth-order valence-corrected chi connectivity index (χ4v) is 4.06. The molecule has 0 spiro atoms. The van der Waals surface area contributed by atoms with Gasteiger partial charge in [-0.3, -0.25) is 4.79 Å². The molecule has 6 heteroatoms. The minimum Gasteiger partial charge on any atom is -0.342 e. The minimum atomic E-state index is 0.175. The van der Waals surface area contributed by atoms with Crippen LogP contribution in [0.2, 0.25) is 0 Å². The Morgan fingerprint density at radius 1 is 1.27 bits per heavy atom. The van der Waals surface area contributed by atoms with Crippen molar-refractivity contribution in [2.24, 2.45) is 7.05 Å². The highest BCUT2D eigenvalue weighted by atomic mass is 16.2. The van der Waals surface area contributed by atoms with Crippen molar-refractivity contribution in [3.8, 4) is 0 Å². The van der Waals surface area contributed by atoms with Crippen LogP contribution < -0.4 is 0 Å². The molecule has 0 radical (unpaired) electrons. The molecule has 1 amide bonds. The molecule has 0 bridgehead atoms. The summed E-state index contributed by atoms with van der Waals surface area (Å²) in [5.74, 6) is 1.58. The van der Waals surface area contributed by atoms with Gasteiger partial charge in [-0.05, 0) is 38.8 Å². The molecule has 3 aromatic heterocycles. The molecule has 1 saturated heterocycles. The molecule has 0 saturated carbocycles. The Morgan fingerprint density at radius 2 is 2.12 bits per heavy atom. The molecule has 1 fully saturated rings. The number of fused-ring (bicyclic) bond motifs is 1. The zero-order chi connectivity index (χ0) is 18.3. The number of carbonyl (C=O) groups excluding carboxylic acids is 1. The summed E-state index contributed by atoms with van der Waals surface area (Å²) in [7, 11) is 2.04. The second kappa shape index (κ2) is 6.59. The quantitative estimate of drug-likeness (QED) is 0.729. The fourth-order valence-electron chi connectivity index (χ4n) is 4.06. The Bertz CT molecular complexity index is 954. The lowest BCUT2D eigenvalue weighted by molar-refractivity contribution is -0.131. The van der Waals surface area contributed by atoms with Crippen LogP contribution in [-0.4, -0.2) is 42.8 Å². The lowest BCUT2D eigenvalue weighted by atomic mass is 9.96. The highest BCUT2D eigenvalue weighted by molar-refractivity contribution is 5.79. The molecule has 1 aliphatic heterocycles. The third kappa shape index (κ3) is 3.00. The van der Waals surface area contributed by atoms with Crippen molar-refractivity contribution in [1.29, 1.82) is 0 Å². The van der Waals surface area contributed by atoms with E-state index in [9.17, 15) is 4.79 Å². The number of likely N-dealkylation sites (tertiary alicyclic amines) is 1. The first-order valence-electron chi connectivity index (χ1n) is 9.23. The maximum Gasteiger partial charge on any atom is 0.228 e. The number of nitrogens with zero attached hydrogens (tertiary/aromatic N) is 5. The van der Waals surface area contributed by atoms with Crippen LogP contribution >= 0.6 is 0 Å². The van der Waals surface area contributed by atoms with Gasteiger partial charge in [-0.2, -0.15) is 0 Å². The van der Waals surface area contributed by atoms with Gasteiger partial charge in [-0.1, -0.05) is 6.07 Å². The van der Waals surface area contributed by atoms with Crippen molar-refractivity contribution in [3.05, 3.63) is 53.5 Å². The molecule has 3 aromatic rings. The van der Waals surface area contributed by atoms with Gasteiger partial charge >= 0.3 is 0 Å². The number of piperidine rings is 1. The van der Waals surface area contributed by atoms with Gasteiger partial charge in [0.15, 0.2) is 0 Å². The zero-order valence-electron chi connectivity index (χ0n) is 15.6. The standard InChI is InChI=1S/C20H25N5O/c1-14-12-23(3)20(21-14)16-7-6-9-24(13-16)19(26)11-17-15(2)22-18-8-4-5-10-25(17)18/h4-5,8,10,12,16H,6-7,9,11,13H2,1-3H3/t16-/m1/s1. The molecule has 136 valence electrons. The lowest BCUT2D eigenvalue weighted by Gasteiger charge is -2.32. The second-order valence-electron chi connectivity index (χ2n) is 7.28. The van der Waals surface area contributed by atoms with Gasteiger partial charge in [0, 0.05) is 38.4 Å². The smallest absolute Gasteiger partial charge is 0.228 e. The van der Waals surface area contributed by atoms with Crippen LogP contribution in [-0.2, 0) is 18.3 Å². The Morgan fingerprint density at radius 3 is 2.88 bits per heavy atom. The van der Waals surface area contributed by atoms with E-state index in [1.807, 2.05) is 54.6 Å². The summed E-state index contributed by atoms with van der Waals surface area (Å²) in [6.07, 6.45) is 6.53. The first-order valence-corrected chi connectivity index (χ1v) is 9.23. The van der Waals surface area contributed by atoms with E-state index in [4.69, 9.17) is 0 Å². The van der Waals surface area contributed by atoms with Gasteiger partial charge in [0.2, 0.25) is 5.91 Å². The summed E-state index contributed by atoms with van der Waals surface area (Å²) in [5.41, 5.74) is 3.85. The van der Waals surface area contributed by atoms with Crippen LogP contribution in [0.1, 0.15) is 41.7 Å². The van der Waals surface area contributed by atoms with Crippen LogP contribution in [0.3, 0.4) is 0 Å². The zero-order valence-corrected chi connectivity index (χ0v) is 15.6. The molecule has 0 N–H and O–H groups in total. The maximum absolute atomic E-state index is 13.0. The molecule has 0 unspecified atom stereocenters. The third-order valence-electron chi connectivity index (χ3n) is 5.32. The topological polar surface area (TPSA) is 55.4 Å². The summed E-state index contributed by atoms with van der Waals surface area (Å²) in [4.78, 5) is 24.2. The molecule has 4 rings (SSSR count). The third-order valence-corrected chi connectivity index (χ3v) is 5.32. The first kappa shape index (κ1) is 16.8. The second-order valence-corrected chi connectivity index (χ2v) is 7.28. The number of hydrogen-bond donors (Lipinski definition) is 0. The number of amides is 1. The van der Waals surface area contributed by atoms with Gasteiger partial charge in [-0.15, -0.1) is 0 Å². The molecule has 6 nitrogen and oxygen atoms in total. The molecule has 4 heterocycles. The molecule has 26 heavy (non-hydrogen) atoms. The van der Waals surface area contributed by atoms with Crippen molar-refractivity contribution in [1.82, 2.24) is 23.8 Å². The van der Waals surface area contributed by atoms with Crippen LogP contribution in [0.15, 0.2) is 30.6 Å². The molecular weight excluding hydrogens is 326 g/mol. The lowest BCUT2D eigenvalue weighted by Crippen LogP contribution is -2.40. The number of aromatic nitrogens is 4. The van der Waals surface area contributed by atoms with E-state index in [0.717, 1.165) is 54.5 Å². The Balaban J connectivity index is 1.52. The van der Waals surface area contributed by atoms with Crippen molar-refractivity contribution >= 4 is 11.6 Å². The largest absolute Gasteiger partial charge is 0.342 e. The van der Waals surface area contributed by atoms with E-state index in [2.05, 4.69) is 20.7 Å². The van der Waals surface area contributed by atoms with Crippen LogP contribution in [0.25, 0.3) is 5.65 Å². The highest BCUT2D eigenvalue weighted by Gasteiger charge is 2.28. The van der Waals surface area contributed by atoms with Gasteiger partial charge in [-0.25, -0.2) is 9.97 Å². The number of rotatable bonds is 3. The normalized spacial score (nSPS) is 17.8. The summed E-state index contributed by atoms with van der Waals surface area (Å²) in [6.45, 7) is 5.57. The van der Waals surface area contributed by atoms with Crippen molar-refractivity contribution in [3.63, 3.8) is 0 Å². The predicted octanol–water partition coefficient (Wildman–Crippen LogP) is 2.63. The van der Waals surface area contributed by atoms with Crippen LogP contribution in [0.4, 0.5) is 0 Å². The van der Waals surface area contributed by atoms with E-state index in [-0.39, 0.29) is 5.91 Å². The van der Waals surface area contributed by atoms with Crippen LogP contribution in [0, 0.1) is 13.8 Å². The summed E-state index contributed by atoms with van der Waals surface area (Å²) in [6, 6.07) is 5.92. The number of aryl methyl sites for hydroxylation is 3. The molecule has 0 aliphatic carbocycles. The Labute approximate surface area is 153 Å². The Kier molecular flexibility index (Phi) is 4.26. The summed E-state index contributed by atoms with van der Waals surface area (Å²) >= 11 is 0. The van der Waals surface area contributed by atoms with Crippen LogP contribution in [0.5, 0.6) is 0 Å². The highest BCUT2D eigenvalue weighted by Crippen LogP contribution is 2.26. The van der Waals surface area contributed by atoms with E-state index in [1.54, 1.807) is 0 Å². The Hall–Kier alpha value is -2.63. The summed E-state index contributed by atoms with van der Waals surface area (Å²) < 4.78 is 4.12. The molecule has 1 aliphatic rings. The van der Waals surface area contributed by atoms with Gasteiger partial charge in [0.25, 0.3) is 0 Å². The average Bonchev–Trinajstić information content (AvgIpc) is 3.14. The maximum atomic E-state index is 13.0. The van der Waals surface area contributed by atoms with Crippen molar-refractivity contribution in [2.75, 3.05) is 13.1 Å². The van der Waals surface area contributed by atoms with E-state index in [1.165, 1.54) is 0 Å². The van der Waals surface area contributed by atoms with E-state index < -0.39 is 0 Å². The molecular formula is C20H25N5O.